The summed E-state index contributed by atoms with van der Waals surface area (Å²) in [6.45, 7) is 2.07. The van der Waals surface area contributed by atoms with Gasteiger partial charge >= 0.3 is 33.2 Å². The average Bonchev–Trinajstić information content (AvgIpc) is 1.66. The van der Waals surface area contributed by atoms with E-state index >= 15 is 0 Å². The van der Waals surface area contributed by atoms with E-state index in [1.54, 1.807) is 0 Å². The van der Waals surface area contributed by atoms with Crippen LogP contribution in [0.25, 0.3) is 54.5 Å². The monoisotopic (exact) mass is 1890 g/mol. The van der Waals surface area contributed by atoms with Crippen LogP contribution in [0.5, 0.6) is 17.2 Å². The summed E-state index contributed by atoms with van der Waals surface area (Å²) in [4.78, 5) is 42.9. The number of H-pyrrole nitrogens is 2. The molecule has 0 aliphatic carbocycles. The van der Waals surface area contributed by atoms with Crippen LogP contribution in [-0.2, 0) is 80.3 Å². The van der Waals surface area contributed by atoms with E-state index in [2.05, 4.69) is 96.7 Å². The van der Waals surface area contributed by atoms with Gasteiger partial charge in [-0.1, -0.05) is 113 Å². The number of aryl methyl sites for hydroxylation is 3. The van der Waals surface area contributed by atoms with Gasteiger partial charge in [0.15, 0.2) is 17.5 Å². The molecule has 0 aliphatic rings. The molecule has 0 aliphatic heterocycles. The lowest BCUT2D eigenvalue weighted by Crippen LogP contribution is -2.15. The highest BCUT2D eigenvalue weighted by atomic mass is 79.9. The van der Waals surface area contributed by atoms with Crippen molar-refractivity contribution >= 4 is 90.3 Å². The van der Waals surface area contributed by atoms with Gasteiger partial charge < -0.3 is 39.7 Å². The number of amidine groups is 1. The van der Waals surface area contributed by atoms with Crippen molar-refractivity contribution in [3.63, 3.8) is 0 Å². The third-order valence-electron chi connectivity index (χ3n) is 16.6. The number of nitrogens with two attached hydrogens (primary N) is 1. The zero-order valence-corrected chi connectivity index (χ0v) is 68.3. The second-order valence-electron chi connectivity index (χ2n) is 24.9. The lowest BCUT2D eigenvalue weighted by atomic mass is 10.1. The quantitative estimate of drug-likeness (QED) is 0.00532. The van der Waals surface area contributed by atoms with Crippen molar-refractivity contribution in [2.45, 2.75) is 90.1 Å². The van der Waals surface area contributed by atoms with E-state index in [4.69, 9.17) is 34.6 Å². The molecule has 0 amide bonds. The number of aliphatic hydroxyl groups is 1. The smallest absolute Gasteiger partial charge is 0.439 e. The van der Waals surface area contributed by atoms with E-state index in [1.807, 2.05) is 60.7 Å². The molecule has 39 heteroatoms. The first kappa shape index (κ1) is 90.1. The fraction of sp³-hybridized carbons (Fsp3) is 0.215. The van der Waals surface area contributed by atoms with E-state index in [0.29, 0.717) is 107 Å². The number of aliphatic hydroxyl groups excluding tert-OH is 1. The maximum Gasteiger partial charge on any atom is 0.439 e. The number of aromatic nitrogens is 7. The van der Waals surface area contributed by atoms with Crippen LogP contribution < -0.4 is 31.5 Å². The predicted octanol–water partition coefficient (Wildman–Crippen LogP) is 20.8. The van der Waals surface area contributed by atoms with E-state index in [-0.39, 0.29) is 81.0 Å². The number of alkyl halides is 9. The molecule has 618 valence electrons. The predicted molar refractivity (Wildman–Crippen MR) is 431 cm³/mol. The highest BCUT2D eigenvalue weighted by Crippen LogP contribution is 2.39. The van der Waals surface area contributed by atoms with Crippen molar-refractivity contribution in [3.8, 4) is 71.7 Å². The number of nitrogens with one attached hydrogen (secondary N) is 2. The second-order valence-corrected chi connectivity index (χ2v) is 34.6. The fourth-order valence-corrected chi connectivity index (χ4v) is 13.9. The molecule has 0 radical (unpaired) electrons. The molecule has 0 saturated heterocycles. The van der Waals surface area contributed by atoms with Gasteiger partial charge in [-0.2, -0.15) is 39.5 Å². The minimum Gasteiger partial charge on any atom is -0.488 e. The number of oxime groups is 1. The summed E-state index contributed by atoms with van der Waals surface area (Å²) >= 11 is 13.2. The number of hydrogen-bond donors (Lipinski definition) is 5. The maximum absolute atomic E-state index is 14.7. The Morgan fingerprint density at radius 1 is 0.466 bits per heavy atom. The van der Waals surface area contributed by atoms with Gasteiger partial charge in [-0.05, 0) is 122 Å². The van der Waals surface area contributed by atoms with Crippen LogP contribution in [0.1, 0.15) is 84.4 Å². The van der Waals surface area contributed by atoms with Crippen LogP contribution in [0.4, 0.5) is 52.7 Å². The lowest BCUT2D eigenvalue weighted by Gasteiger charge is -2.08. The highest BCUT2D eigenvalue weighted by molar-refractivity contribution is 9.69. The molecule has 5 aromatic heterocycles. The molecular weight excluding hydrogens is 1830 g/mol. The Bertz CT molecular complexity index is 5530. The first-order chi connectivity index (χ1) is 56.5. The normalized spacial score (nSPS) is 11.6. The first-order valence-corrected chi connectivity index (χ1v) is 40.3. The summed E-state index contributed by atoms with van der Waals surface area (Å²) in [6.07, 6.45) is -9.96. The van der Waals surface area contributed by atoms with Gasteiger partial charge in [-0.3, -0.25) is 19.0 Å². The Balaban J connectivity index is 0.000000183. The van der Waals surface area contributed by atoms with Crippen molar-refractivity contribution in [1.82, 2.24) is 35.2 Å². The summed E-state index contributed by atoms with van der Waals surface area (Å²) in [5.41, 5.74) is 9.09. The van der Waals surface area contributed by atoms with Crippen molar-refractivity contribution in [3.05, 3.63) is 292 Å². The Morgan fingerprint density at radius 3 is 1.09 bits per heavy atom. The zero-order chi connectivity index (χ0) is 84.5. The molecule has 0 atom stereocenters. The number of aromatic amines is 2. The van der Waals surface area contributed by atoms with Crippen LogP contribution in [0.15, 0.2) is 212 Å². The van der Waals surface area contributed by atoms with Crippen LogP contribution in [0, 0.1) is 17.5 Å². The van der Waals surface area contributed by atoms with Crippen LogP contribution in [0.3, 0.4) is 0 Å². The summed E-state index contributed by atoms with van der Waals surface area (Å²) in [7, 11) is 0. The standard InChI is InChI=1S/C29H23F4N3O4S.C28H25F4N3O3S.C22H17F4N3O4S.BBr3/c30-23-15-21(12-13-22(23)26-35-28(37)40-36-26)39-17-25-24(7-4-14-38-16-18-5-2-1-3-6-18)34-27(41-25)19-8-10-20(11-9-19)29(31,32)33;29-23-15-21(12-13-22(23)26(33)35-36)38-17-25-24(7-4-14-37-16-18-5-2-1-3-6-18)34-27(39-25)19-8-10-20(11-9-19)28(30,31)32;23-16-10-14(7-8-15(16)19-28-21(31)33-29-19)32-11-18-17(2-1-9-30)27-20(34-18)12-3-5-13(6-4-12)22(24,25)26;2-1(3)4/h1-3,5-6,8-13,15H,4,7,14,16-17H2,(H,35,36,37);1-3,5-6,8-13,15,36H,4,7,14,16-17H2,(H2,33,35);3-8,10,30H,1-2,9,11H2,(H,28,29,31);. The molecular formula is C79H65BBr3F12N9O11S3. The number of nitrogens with zero attached hydrogens (tertiary/aromatic N) is 6. The van der Waals surface area contributed by atoms with Crippen molar-refractivity contribution in [2.24, 2.45) is 10.9 Å². The van der Waals surface area contributed by atoms with Gasteiger partial charge in [-0.25, -0.2) is 37.7 Å². The minimum atomic E-state index is -4.43. The lowest BCUT2D eigenvalue weighted by molar-refractivity contribution is -0.138. The Morgan fingerprint density at radius 2 is 0.797 bits per heavy atom. The van der Waals surface area contributed by atoms with Gasteiger partial charge in [-0.15, -0.1) is 81.3 Å². The Hall–Kier alpha value is -10.3. The topological polar surface area (TPSA) is 281 Å². The fourth-order valence-electron chi connectivity index (χ4n) is 10.8. The SMILES string of the molecule is BrB(Br)Br.NC(=NO)c1ccc(OCc2sc(-c3ccc(C(F)(F)F)cc3)nc2CCCOCc2ccccc2)cc1F.O=c1[nH]c(-c2ccc(OCc3sc(-c4ccc(C(F)(F)F)cc4)nc3CCCO)cc2F)no1.O=c1[nH]c(-c2ccc(OCc3sc(-c4ccc(C(F)(F)F)cc4)nc3CCCOCc3ccccc3)cc2F)no1. The average molecular weight is 1890 g/mol. The van der Waals surface area contributed by atoms with Crippen LogP contribution >= 0.6 is 81.3 Å². The number of thiazole rings is 3. The number of ether oxygens (including phenoxy) is 5. The highest BCUT2D eigenvalue weighted by Gasteiger charge is 2.33. The molecule has 0 unspecified atom stereocenters. The van der Waals surface area contributed by atoms with E-state index in [1.165, 1.54) is 107 Å². The van der Waals surface area contributed by atoms with Crippen molar-refractivity contribution in [1.29, 1.82) is 0 Å². The van der Waals surface area contributed by atoms with Crippen molar-refractivity contribution in [2.75, 3.05) is 19.8 Å². The molecule has 13 aromatic rings. The minimum absolute atomic E-state index is 0.0317. The number of halogens is 15. The molecule has 20 nitrogen and oxygen atoms in total. The van der Waals surface area contributed by atoms with Crippen LogP contribution in [-0.4, -0.2) is 74.4 Å². The number of hydrogen-bond acceptors (Lipinski definition) is 20. The van der Waals surface area contributed by atoms with Gasteiger partial charge in [0, 0.05) is 54.7 Å². The second kappa shape index (κ2) is 42.9. The van der Waals surface area contributed by atoms with E-state index in [9.17, 15) is 67.4 Å². The molecule has 118 heavy (non-hydrogen) atoms. The molecule has 5 heterocycles. The zero-order valence-electron chi connectivity index (χ0n) is 61.1. The molecule has 6 N–H and O–H groups in total. The van der Waals surface area contributed by atoms with Gasteiger partial charge in [0.2, 0.25) is 0 Å². The number of benzene rings is 8. The third-order valence-corrected chi connectivity index (χ3v) is 20.0. The van der Waals surface area contributed by atoms with Gasteiger partial charge in [0.25, 0.3) is 0 Å². The maximum atomic E-state index is 14.7. The largest absolute Gasteiger partial charge is 0.488 e. The van der Waals surface area contributed by atoms with E-state index in [0.717, 1.165) is 86.9 Å². The Labute approximate surface area is 700 Å². The van der Waals surface area contributed by atoms with Crippen molar-refractivity contribution < 1.29 is 95.7 Å². The molecule has 8 aromatic carbocycles. The molecule has 13 rings (SSSR count). The summed E-state index contributed by atoms with van der Waals surface area (Å²) < 4.78 is 198. The van der Waals surface area contributed by atoms with Gasteiger partial charge in [0.05, 0.1) is 78.3 Å². The Kier molecular flexibility index (Phi) is 32.8. The molecule has 0 spiro atoms. The summed E-state index contributed by atoms with van der Waals surface area (Å²) in [5, 5.41) is 29.3. The summed E-state index contributed by atoms with van der Waals surface area (Å²) in [5.74, 6) is -3.45. The first-order valence-electron chi connectivity index (χ1n) is 35.1. The third kappa shape index (κ3) is 26.9. The molecule has 0 fully saturated rings. The van der Waals surface area contributed by atoms with Crippen LogP contribution in [0.2, 0.25) is 0 Å². The van der Waals surface area contributed by atoms with Gasteiger partial charge in [0.1, 0.15) is 69.5 Å². The molecule has 0 saturated carbocycles. The van der Waals surface area contributed by atoms with E-state index < -0.39 is 64.2 Å². The number of rotatable bonds is 30. The molecule has 0 bridgehead atoms. The summed E-state index contributed by atoms with van der Waals surface area (Å²) in [6, 6.07) is 46.0.